The van der Waals surface area contributed by atoms with Crippen LogP contribution in [0.2, 0.25) is 0 Å². The van der Waals surface area contributed by atoms with Gasteiger partial charge in [0.1, 0.15) is 6.10 Å². The van der Waals surface area contributed by atoms with Crippen LogP contribution in [0.5, 0.6) is 0 Å². The van der Waals surface area contributed by atoms with Crippen molar-refractivity contribution in [1.29, 1.82) is 0 Å². The van der Waals surface area contributed by atoms with Gasteiger partial charge in [-0.1, -0.05) is 0 Å². The van der Waals surface area contributed by atoms with Crippen LogP contribution in [0.25, 0.3) is 0 Å². The van der Waals surface area contributed by atoms with Crippen molar-refractivity contribution in [2.24, 2.45) is 5.92 Å². The summed E-state index contributed by atoms with van der Waals surface area (Å²) in [5.74, 6) is -0.383. The van der Waals surface area contributed by atoms with Crippen LogP contribution in [0.15, 0.2) is 0 Å². The van der Waals surface area contributed by atoms with Gasteiger partial charge in [-0.05, 0) is 6.42 Å². The molecule has 0 bridgehead atoms. The number of aliphatic hydroxyl groups is 4. The molecular formula is C7H14O4S. The van der Waals surface area contributed by atoms with Crippen LogP contribution in [0.3, 0.4) is 0 Å². The zero-order valence-electron chi connectivity index (χ0n) is 6.54. The first-order valence-corrected chi connectivity index (χ1v) is 4.42. The van der Waals surface area contributed by atoms with Gasteiger partial charge in [-0.15, -0.1) is 0 Å². The second-order valence-corrected chi connectivity index (χ2v) is 3.88. The third-order valence-corrected chi connectivity index (χ3v) is 2.87. The molecule has 1 aliphatic carbocycles. The number of rotatable bonds is 1. The number of aliphatic hydroxyl groups excluding tert-OH is 4. The van der Waals surface area contributed by atoms with E-state index in [9.17, 15) is 15.3 Å². The van der Waals surface area contributed by atoms with Crippen molar-refractivity contribution in [2.75, 3.05) is 6.61 Å². The van der Waals surface area contributed by atoms with Crippen molar-refractivity contribution in [1.82, 2.24) is 0 Å². The number of hydrogen-bond acceptors (Lipinski definition) is 5. The van der Waals surface area contributed by atoms with Crippen molar-refractivity contribution in [3.05, 3.63) is 0 Å². The van der Waals surface area contributed by atoms with Crippen LogP contribution < -0.4 is 0 Å². The standard InChI is InChI=1S/C7H14O4S/c8-2-3-1-4(12)6(10)7(11)5(3)9/h3-12H,1-2H2/t3-,4-,5-,6+,7-/m1/s1. The van der Waals surface area contributed by atoms with Gasteiger partial charge in [-0.3, -0.25) is 0 Å². The quantitative estimate of drug-likeness (QED) is 0.325. The van der Waals surface area contributed by atoms with Gasteiger partial charge in [-0.25, -0.2) is 0 Å². The van der Waals surface area contributed by atoms with Crippen LogP contribution >= 0.6 is 12.6 Å². The Morgan fingerprint density at radius 1 is 1.08 bits per heavy atom. The first kappa shape index (κ1) is 10.3. The molecule has 0 aromatic heterocycles. The smallest absolute Gasteiger partial charge is 0.107 e. The molecule has 1 fully saturated rings. The summed E-state index contributed by atoms with van der Waals surface area (Å²) in [6, 6.07) is 0. The van der Waals surface area contributed by atoms with Crippen molar-refractivity contribution in [2.45, 2.75) is 30.0 Å². The van der Waals surface area contributed by atoms with Crippen molar-refractivity contribution in [3.63, 3.8) is 0 Å². The minimum atomic E-state index is -1.20. The van der Waals surface area contributed by atoms with E-state index in [1.54, 1.807) is 0 Å². The maximum Gasteiger partial charge on any atom is 0.107 e. The fourth-order valence-electron chi connectivity index (χ4n) is 1.48. The van der Waals surface area contributed by atoms with Gasteiger partial charge in [0.05, 0.1) is 12.2 Å². The number of thiol groups is 1. The lowest BCUT2D eigenvalue weighted by molar-refractivity contribution is -0.114. The van der Waals surface area contributed by atoms with Crippen LogP contribution in [0, 0.1) is 5.92 Å². The van der Waals surface area contributed by atoms with E-state index < -0.39 is 18.3 Å². The fourth-order valence-corrected chi connectivity index (χ4v) is 1.93. The molecule has 0 amide bonds. The van der Waals surface area contributed by atoms with E-state index in [2.05, 4.69) is 12.6 Å². The lowest BCUT2D eigenvalue weighted by Gasteiger charge is -2.37. The normalized spacial score (nSPS) is 49.2. The Hall–Kier alpha value is 0.190. The third kappa shape index (κ3) is 1.75. The van der Waals surface area contributed by atoms with E-state index in [4.69, 9.17) is 5.11 Å². The number of hydrogen-bond donors (Lipinski definition) is 5. The van der Waals surface area contributed by atoms with Gasteiger partial charge in [0.2, 0.25) is 0 Å². The largest absolute Gasteiger partial charge is 0.396 e. The lowest BCUT2D eigenvalue weighted by atomic mass is 9.83. The zero-order valence-corrected chi connectivity index (χ0v) is 7.43. The summed E-state index contributed by atoms with van der Waals surface area (Å²) in [6.07, 6.45) is -2.84. The van der Waals surface area contributed by atoms with Gasteiger partial charge in [0.15, 0.2) is 0 Å². The molecule has 0 spiro atoms. The highest BCUT2D eigenvalue weighted by molar-refractivity contribution is 7.81. The summed E-state index contributed by atoms with van der Waals surface area (Å²) in [6.45, 7) is -0.192. The van der Waals surface area contributed by atoms with E-state index in [1.165, 1.54) is 0 Å². The maximum atomic E-state index is 9.32. The Labute approximate surface area is 76.3 Å². The lowest BCUT2D eigenvalue weighted by Crippen LogP contribution is -2.52. The van der Waals surface area contributed by atoms with Crippen molar-refractivity contribution in [3.8, 4) is 0 Å². The second-order valence-electron chi connectivity index (χ2n) is 3.22. The zero-order chi connectivity index (χ0) is 9.30. The molecule has 12 heavy (non-hydrogen) atoms. The minimum absolute atomic E-state index is 0.192. The molecule has 0 aromatic carbocycles. The average molecular weight is 194 g/mol. The third-order valence-electron chi connectivity index (χ3n) is 2.36. The van der Waals surface area contributed by atoms with E-state index in [-0.39, 0.29) is 17.8 Å². The predicted molar refractivity (Wildman–Crippen MR) is 46.0 cm³/mol. The molecule has 72 valence electrons. The first-order chi connectivity index (χ1) is 5.57. The molecule has 1 aliphatic rings. The Balaban J connectivity index is 2.63. The maximum absolute atomic E-state index is 9.32. The highest BCUT2D eigenvalue weighted by atomic mass is 32.1. The summed E-state index contributed by atoms with van der Waals surface area (Å²) in [5, 5.41) is 36.3. The summed E-state index contributed by atoms with van der Waals surface area (Å²) >= 11 is 4.04. The molecular weight excluding hydrogens is 180 g/mol. The molecule has 0 aromatic rings. The molecule has 0 radical (unpaired) electrons. The molecule has 4 nitrogen and oxygen atoms in total. The van der Waals surface area contributed by atoms with Crippen molar-refractivity contribution < 1.29 is 20.4 Å². The Morgan fingerprint density at radius 2 is 1.67 bits per heavy atom. The molecule has 5 heteroatoms. The van der Waals surface area contributed by atoms with Crippen LogP contribution in [-0.2, 0) is 0 Å². The van der Waals surface area contributed by atoms with Gasteiger partial charge in [0.25, 0.3) is 0 Å². The monoisotopic (exact) mass is 194 g/mol. The highest BCUT2D eigenvalue weighted by Gasteiger charge is 2.40. The van der Waals surface area contributed by atoms with Crippen LogP contribution in [0.4, 0.5) is 0 Å². The molecule has 4 N–H and O–H groups in total. The van der Waals surface area contributed by atoms with E-state index in [0.717, 1.165) is 0 Å². The predicted octanol–water partition coefficient (Wildman–Crippen LogP) is -1.62. The van der Waals surface area contributed by atoms with Gasteiger partial charge in [-0.2, -0.15) is 12.6 Å². The molecule has 1 rings (SSSR count). The van der Waals surface area contributed by atoms with Gasteiger partial charge in [0, 0.05) is 17.8 Å². The second kappa shape index (κ2) is 3.93. The average Bonchev–Trinajstić information content (AvgIpc) is 2.08. The molecule has 0 aliphatic heterocycles. The topological polar surface area (TPSA) is 80.9 Å². The Bertz CT molecular complexity index is 150. The molecule has 1 saturated carbocycles. The summed E-state index contributed by atoms with van der Waals surface area (Å²) in [7, 11) is 0. The Kier molecular flexibility index (Phi) is 3.37. The van der Waals surface area contributed by atoms with Crippen LogP contribution in [-0.4, -0.2) is 50.6 Å². The summed E-state index contributed by atoms with van der Waals surface area (Å²) < 4.78 is 0. The molecule has 0 saturated heterocycles. The van der Waals surface area contributed by atoms with E-state index in [0.29, 0.717) is 6.42 Å². The Morgan fingerprint density at radius 3 is 2.17 bits per heavy atom. The summed E-state index contributed by atoms with van der Waals surface area (Å²) in [4.78, 5) is 0. The molecule has 0 heterocycles. The fraction of sp³-hybridized carbons (Fsp3) is 1.00. The molecule has 5 atom stereocenters. The van der Waals surface area contributed by atoms with E-state index >= 15 is 0 Å². The minimum Gasteiger partial charge on any atom is -0.396 e. The van der Waals surface area contributed by atoms with Crippen LogP contribution in [0.1, 0.15) is 6.42 Å². The van der Waals surface area contributed by atoms with Gasteiger partial charge >= 0.3 is 0 Å². The van der Waals surface area contributed by atoms with Crippen molar-refractivity contribution >= 4 is 12.6 Å². The highest BCUT2D eigenvalue weighted by Crippen LogP contribution is 2.28. The van der Waals surface area contributed by atoms with Gasteiger partial charge < -0.3 is 20.4 Å². The summed E-state index contributed by atoms with van der Waals surface area (Å²) in [5.41, 5.74) is 0. The SMILES string of the molecule is OC[C@H]1C[C@@H](S)[C@H](O)[C@H](O)[C@@H]1O. The first-order valence-electron chi connectivity index (χ1n) is 3.91. The van der Waals surface area contributed by atoms with E-state index in [1.807, 2.05) is 0 Å². The molecule has 0 unspecified atom stereocenters.